The van der Waals surface area contributed by atoms with E-state index in [9.17, 15) is 18.0 Å². The average Bonchev–Trinajstić information content (AvgIpc) is 2.48. The lowest BCUT2D eigenvalue weighted by molar-refractivity contribution is 0.582. The number of aryl methyl sites for hydroxylation is 2. The zero-order valence-electron chi connectivity index (χ0n) is 12.2. The van der Waals surface area contributed by atoms with Gasteiger partial charge in [-0.2, -0.15) is 0 Å². The molecule has 1 aromatic carbocycles. The maximum absolute atomic E-state index is 12.1. The third-order valence-corrected chi connectivity index (χ3v) is 4.22. The monoisotopic (exact) mass is 325 g/mol. The molecule has 2 N–H and O–H groups in total. The van der Waals surface area contributed by atoms with Crippen molar-refractivity contribution in [1.82, 2.24) is 19.2 Å². The molecular weight excluding hydrogens is 310 g/mol. The molecule has 22 heavy (non-hydrogen) atoms. The van der Waals surface area contributed by atoms with Crippen molar-refractivity contribution in [2.45, 2.75) is 11.8 Å². The Balaban J connectivity index is 2.29. The minimum atomic E-state index is -3.86. The molecule has 0 unspecified atom stereocenters. The zero-order chi connectivity index (χ0) is 16.5. The molecule has 0 radical (unpaired) electrons. The molecule has 118 valence electrons. The summed E-state index contributed by atoms with van der Waals surface area (Å²) < 4.78 is 25.9. The first-order valence-corrected chi connectivity index (χ1v) is 7.69. The average molecular weight is 325 g/mol. The molecule has 0 spiro atoms. The molecule has 0 aliphatic heterocycles. The second kappa shape index (κ2) is 5.73. The molecule has 0 atom stereocenters. The number of aromatic nitrogens is 3. The van der Waals surface area contributed by atoms with Crippen LogP contribution in [0.1, 0.15) is 5.56 Å². The van der Waals surface area contributed by atoms with Gasteiger partial charge in [-0.25, -0.2) is 17.9 Å². The van der Waals surface area contributed by atoms with E-state index in [0.29, 0.717) is 0 Å². The van der Waals surface area contributed by atoms with E-state index in [-0.39, 0.29) is 10.7 Å². The summed E-state index contributed by atoms with van der Waals surface area (Å²) in [6.07, 6.45) is 0. The van der Waals surface area contributed by atoms with Gasteiger partial charge < -0.3 is 0 Å². The molecule has 2 aromatic rings. The summed E-state index contributed by atoms with van der Waals surface area (Å²) >= 11 is 0. The predicted molar refractivity (Wildman–Crippen MR) is 79.8 cm³/mol. The van der Waals surface area contributed by atoms with Crippen molar-refractivity contribution in [2.75, 3.05) is 5.43 Å². The van der Waals surface area contributed by atoms with E-state index in [1.54, 1.807) is 12.1 Å². The minimum Gasteiger partial charge on any atom is -0.286 e. The lowest BCUT2D eigenvalue weighted by Gasteiger charge is -2.10. The van der Waals surface area contributed by atoms with Crippen molar-refractivity contribution < 1.29 is 8.42 Å². The first-order chi connectivity index (χ1) is 10.2. The fraction of sp³-hybridized carbons (Fsp3) is 0.250. The van der Waals surface area contributed by atoms with Gasteiger partial charge in [0.1, 0.15) is 0 Å². The van der Waals surface area contributed by atoms with Gasteiger partial charge in [0.2, 0.25) is 5.82 Å². The SMILES string of the molecule is Cc1ccc(S(=O)(=O)NNc2nn(C)c(=O)n(C)c2=O)cc1. The molecule has 0 fully saturated rings. The van der Waals surface area contributed by atoms with Crippen LogP contribution in [0.2, 0.25) is 0 Å². The lowest BCUT2D eigenvalue weighted by Crippen LogP contribution is -2.42. The molecule has 0 aliphatic carbocycles. The Kier molecular flexibility index (Phi) is 4.15. The lowest BCUT2D eigenvalue weighted by atomic mass is 10.2. The third kappa shape index (κ3) is 3.07. The molecule has 0 saturated heterocycles. The van der Waals surface area contributed by atoms with Crippen LogP contribution in [0.15, 0.2) is 38.8 Å². The predicted octanol–water partition coefficient (Wildman–Crippen LogP) is -0.907. The number of rotatable bonds is 4. The second-order valence-corrected chi connectivity index (χ2v) is 6.34. The Hall–Kier alpha value is -2.46. The van der Waals surface area contributed by atoms with Gasteiger partial charge in [0.05, 0.1) is 4.90 Å². The molecule has 9 nitrogen and oxygen atoms in total. The van der Waals surface area contributed by atoms with E-state index in [1.165, 1.54) is 26.2 Å². The van der Waals surface area contributed by atoms with Gasteiger partial charge in [0.15, 0.2) is 0 Å². The minimum absolute atomic E-state index is 0.0345. The van der Waals surface area contributed by atoms with Crippen molar-refractivity contribution in [3.05, 3.63) is 50.7 Å². The molecule has 10 heteroatoms. The Morgan fingerprint density at radius 3 is 2.27 bits per heavy atom. The number of sulfonamides is 1. The number of nitrogens with zero attached hydrogens (tertiary/aromatic N) is 3. The summed E-state index contributed by atoms with van der Waals surface area (Å²) in [6.45, 7) is 1.83. The molecular formula is C12H15N5O4S. The highest BCUT2D eigenvalue weighted by atomic mass is 32.2. The maximum Gasteiger partial charge on any atom is 0.346 e. The number of hydrogen-bond donors (Lipinski definition) is 2. The summed E-state index contributed by atoms with van der Waals surface area (Å²) in [5.74, 6) is -0.305. The quantitative estimate of drug-likeness (QED) is 0.704. The topological polar surface area (TPSA) is 115 Å². The second-order valence-electron chi connectivity index (χ2n) is 4.66. The largest absolute Gasteiger partial charge is 0.346 e. The van der Waals surface area contributed by atoms with Crippen LogP contribution in [0.25, 0.3) is 0 Å². The van der Waals surface area contributed by atoms with Crippen LogP contribution in [0.5, 0.6) is 0 Å². The van der Waals surface area contributed by atoms with Crippen LogP contribution in [0.4, 0.5) is 5.82 Å². The van der Waals surface area contributed by atoms with Crippen LogP contribution in [-0.4, -0.2) is 22.8 Å². The van der Waals surface area contributed by atoms with Crippen LogP contribution < -0.4 is 21.5 Å². The number of hydrogen-bond acceptors (Lipinski definition) is 6. The van der Waals surface area contributed by atoms with Crippen LogP contribution >= 0.6 is 0 Å². The van der Waals surface area contributed by atoms with E-state index in [0.717, 1.165) is 14.8 Å². The van der Waals surface area contributed by atoms with E-state index in [4.69, 9.17) is 0 Å². The highest BCUT2D eigenvalue weighted by Crippen LogP contribution is 2.09. The molecule has 1 aromatic heterocycles. The molecule has 0 amide bonds. The van der Waals surface area contributed by atoms with Gasteiger partial charge in [-0.15, -0.1) is 9.93 Å². The Labute approximate surface area is 126 Å². The fourth-order valence-electron chi connectivity index (χ4n) is 1.67. The van der Waals surface area contributed by atoms with Gasteiger partial charge in [-0.05, 0) is 19.1 Å². The number of benzene rings is 1. The smallest absolute Gasteiger partial charge is 0.286 e. The van der Waals surface area contributed by atoms with E-state index in [1.807, 2.05) is 6.92 Å². The summed E-state index contributed by atoms with van der Waals surface area (Å²) in [5, 5.41) is 3.68. The summed E-state index contributed by atoms with van der Waals surface area (Å²) in [4.78, 5) is 25.4. The van der Waals surface area contributed by atoms with Crippen molar-refractivity contribution in [3.63, 3.8) is 0 Å². The van der Waals surface area contributed by atoms with Crippen molar-refractivity contribution >= 4 is 15.8 Å². The van der Waals surface area contributed by atoms with Gasteiger partial charge in [0, 0.05) is 14.1 Å². The molecule has 0 saturated carbocycles. The molecule has 2 rings (SSSR count). The maximum atomic E-state index is 12.1. The Morgan fingerprint density at radius 2 is 1.68 bits per heavy atom. The Morgan fingerprint density at radius 1 is 1.09 bits per heavy atom. The van der Waals surface area contributed by atoms with Crippen molar-refractivity contribution in [3.8, 4) is 0 Å². The molecule has 0 bridgehead atoms. The Bertz CT molecular complexity index is 912. The van der Waals surface area contributed by atoms with E-state index >= 15 is 0 Å². The third-order valence-electron chi connectivity index (χ3n) is 2.96. The van der Waals surface area contributed by atoms with Gasteiger partial charge in [-0.3, -0.25) is 14.8 Å². The first-order valence-electron chi connectivity index (χ1n) is 6.21. The number of anilines is 1. The molecule has 0 aliphatic rings. The summed E-state index contributed by atoms with van der Waals surface area (Å²) in [7, 11) is -1.25. The first kappa shape index (κ1) is 15.9. The van der Waals surface area contributed by atoms with E-state index in [2.05, 4.69) is 15.4 Å². The standard InChI is InChI=1S/C12H15N5O4S/c1-8-4-6-9(7-5-8)22(20,21)15-13-10-11(18)16(2)12(19)17(3)14-10/h4-7,15H,1-3H3,(H,13,14). The van der Waals surface area contributed by atoms with Crippen LogP contribution in [0.3, 0.4) is 0 Å². The van der Waals surface area contributed by atoms with Crippen LogP contribution in [-0.2, 0) is 24.1 Å². The summed E-state index contributed by atoms with van der Waals surface area (Å²) in [5.41, 5.74) is 1.80. The summed E-state index contributed by atoms with van der Waals surface area (Å²) in [6, 6.07) is 6.17. The normalized spacial score (nSPS) is 11.4. The van der Waals surface area contributed by atoms with Gasteiger partial charge in [0.25, 0.3) is 15.6 Å². The molecule has 1 heterocycles. The van der Waals surface area contributed by atoms with E-state index < -0.39 is 21.3 Å². The highest BCUT2D eigenvalue weighted by molar-refractivity contribution is 7.89. The van der Waals surface area contributed by atoms with Crippen molar-refractivity contribution in [1.29, 1.82) is 0 Å². The van der Waals surface area contributed by atoms with Gasteiger partial charge in [-0.1, -0.05) is 17.7 Å². The number of nitrogens with one attached hydrogen (secondary N) is 2. The van der Waals surface area contributed by atoms with Crippen LogP contribution in [0, 0.1) is 6.92 Å². The highest BCUT2D eigenvalue weighted by Gasteiger charge is 2.15. The number of hydrazine groups is 1. The van der Waals surface area contributed by atoms with Crippen molar-refractivity contribution in [2.24, 2.45) is 14.1 Å². The fourth-order valence-corrected chi connectivity index (χ4v) is 2.51. The zero-order valence-corrected chi connectivity index (χ0v) is 13.0. The van der Waals surface area contributed by atoms with Gasteiger partial charge >= 0.3 is 5.69 Å².